The zero-order chi connectivity index (χ0) is 23.1. The van der Waals surface area contributed by atoms with Crippen molar-refractivity contribution in [1.29, 1.82) is 0 Å². The van der Waals surface area contributed by atoms with Gasteiger partial charge >= 0.3 is 16.1 Å². The van der Waals surface area contributed by atoms with E-state index in [-0.39, 0.29) is 0 Å². The predicted molar refractivity (Wildman–Crippen MR) is 129 cm³/mol. The highest BCUT2D eigenvalue weighted by Gasteiger charge is 2.54. The van der Waals surface area contributed by atoms with Crippen LogP contribution in [0.2, 0.25) is 0 Å². The third kappa shape index (κ3) is 5.55. The first-order valence-electron chi connectivity index (χ1n) is 9.86. The second kappa shape index (κ2) is 11.4. The summed E-state index contributed by atoms with van der Waals surface area (Å²) in [7, 11) is -2.02. The van der Waals surface area contributed by atoms with E-state index in [2.05, 4.69) is 0 Å². The molecule has 3 aromatic rings. The molecule has 3 aromatic carbocycles. The Morgan fingerprint density at radius 1 is 0.667 bits per heavy atom. The molecule has 0 amide bonds. The van der Waals surface area contributed by atoms with Crippen LogP contribution >= 0.6 is 24.6 Å². The third-order valence-corrected chi connectivity index (χ3v) is 11.1. The average Bonchev–Trinajstić information content (AvgIpc) is 2.88. The Hall–Kier alpha value is -2.05. The molecule has 1 aliphatic heterocycles. The minimum absolute atomic E-state index is 0.568. The standard InChI is InChI=1S/C21H24N3O6P3/c1-25-31-22-33(26-2,27-3)24(29-20-15-9-5-10-16-20)32(30-21-17-11-6-12-18-21)23(31)28-19-13-7-4-8-14-19/h4-18H,1-3H3. The van der Waals surface area contributed by atoms with Crippen molar-refractivity contribution >= 4 is 24.6 Å². The fraction of sp³-hybridized carbons (Fsp3) is 0.143. The van der Waals surface area contributed by atoms with Crippen molar-refractivity contribution in [2.24, 2.45) is 4.52 Å². The van der Waals surface area contributed by atoms with Crippen molar-refractivity contribution in [1.82, 2.24) is 9.21 Å². The fourth-order valence-electron chi connectivity index (χ4n) is 2.74. The van der Waals surface area contributed by atoms with Crippen molar-refractivity contribution in [3.05, 3.63) is 91.0 Å². The molecule has 0 N–H and O–H groups in total. The van der Waals surface area contributed by atoms with E-state index < -0.39 is 24.6 Å². The van der Waals surface area contributed by atoms with Gasteiger partial charge < -0.3 is 27.8 Å². The molecule has 12 heteroatoms. The molecule has 0 saturated carbocycles. The largest absolute Gasteiger partial charge is 0.440 e. The minimum atomic E-state index is -3.11. The summed E-state index contributed by atoms with van der Waals surface area (Å²) >= 11 is 0. The molecule has 2 atom stereocenters. The Labute approximate surface area is 195 Å². The lowest BCUT2D eigenvalue weighted by atomic mass is 10.3. The molecular weight excluding hydrogens is 483 g/mol. The Bertz CT molecular complexity index is 1060. The van der Waals surface area contributed by atoms with Crippen molar-refractivity contribution < 1.29 is 27.8 Å². The summed E-state index contributed by atoms with van der Waals surface area (Å²) in [6, 6.07) is 28.0. The van der Waals surface area contributed by atoms with Crippen LogP contribution in [-0.2, 0) is 13.6 Å². The number of hydrogen-bond donors (Lipinski definition) is 0. The molecule has 4 rings (SSSR count). The maximum Gasteiger partial charge on any atom is 0.338 e. The number of nitrogens with zero attached hydrogens (tertiary/aromatic N) is 3. The van der Waals surface area contributed by atoms with Crippen LogP contribution in [0.5, 0.6) is 17.2 Å². The van der Waals surface area contributed by atoms with Gasteiger partial charge in [-0.1, -0.05) is 54.6 Å². The smallest absolute Gasteiger partial charge is 0.338 e. The van der Waals surface area contributed by atoms with Gasteiger partial charge in [-0.15, -0.1) is 0 Å². The van der Waals surface area contributed by atoms with E-state index in [1.165, 1.54) is 18.8 Å². The second-order valence-electron chi connectivity index (χ2n) is 6.35. The fourth-order valence-corrected chi connectivity index (χ4v) is 10.2. The highest BCUT2D eigenvalue weighted by atomic mass is 31.3. The summed E-state index contributed by atoms with van der Waals surface area (Å²) in [6.45, 7) is 0. The van der Waals surface area contributed by atoms with Crippen molar-refractivity contribution in [3.8, 4) is 17.2 Å². The van der Waals surface area contributed by atoms with E-state index in [0.29, 0.717) is 17.2 Å². The van der Waals surface area contributed by atoms with E-state index in [4.69, 9.17) is 32.3 Å². The molecule has 0 fully saturated rings. The summed E-state index contributed by atoms with van der Waals surface area (Å²) in [5.74, 6) is 1.78. The lowest BCUT2D eigenvalue weighted by molar-refractivity contribution is 0.0443. The summed E-state index contributed by atoms with van der Waals surface area (Å²) < 4.78 is 31.7. The Kier molecular flexibility index (Phi) is 8.31. The van der Waals surface area contributed by atoms with Gasteiger partial charge in [0.05, 0.1) is 0 Å². The van der Waals surface area contributed by atoms with Crippen LogP contribution in [0.1, 0.15) is 0 Å². The molecule has 9 nitrogen and oxygen atoms in total. The van der Waals surface area contributed by atoms with Gasteiger partial charge in [0.2, 0.25) is 0 Å². The highest BCUT2D eigenvalue weighted by Crippen LogP contribution is 2.78. The van der Waals surface area contributed by atoms with Crippen LogP contribution in [0.15, 0.2) is 95.5 Å². The lowest BCUT2D eigenvalue weighted by Gasteiger charge is -2.43. The van der Waals surface area contributed by atoms with Gasteiger partial charge in [-0.3, -0.25) is 0 Å². The highest BCUT2D eigenvalue weighted by molar-refractivity contribution is 7.78. The van der Waals surface area contributed by atoms with Crippen LogP contribution in [0, 0.1) is 0 Å². The van der Waals surface area contributed by atoms with Crippen LogP contribution in [-0.4, -0.2) is 30.5 Å². The predicted octanol–water partition coefficient (Wildman–Crippen LogP) is 7.01. The van der Waals surface area contributed by atoms with E-state index in [9.17, 15) is 0 Å². The van der Waals surface area contributed by atoms with E-state index in [0.717, 1.165) is 0 Å². The van der Waals surface area contributed by atoms with Crippen LogP contribution < -0.4 is 14.2 Å². The number of rotatable bonds is 9. The summed E-state index contributed by atoms with van der Waals surface area (Å²) in [5.41, 5.74) is 0. The van der Waals surface area contributed by atoms with Crippen LogP contribution in [0.25, 0.3) is 0 Å². The van der Waals surface area contributed by atoms with Gasteiger partial charge in [0, 0.05) is 30.5 Å². The first-order chi connectivity index (χ1) is 16.2. The normalized spacial score (nSPS) is 20.6. The number of benzene rings is 3. The molecule has 0 bridgehead atoms. The number of hydrogen-bond acceptors (Lipinski definition) is 9. The number of para-hydroxylation sites is 3. The summed E-state index contributed by atoms with van der Waals surface area (Å²) in [4.78, 5) is 12.5. The minimum Gasteiger partial charge on any atom is -0.440 e. The van der Waals surface area contributed by atoms with Crippen molar-refractivity contribution in [3.63, 3.8) is 0 Å². The second-order valence-corrected chi connectivity index (χ2v) is 12.4. The zero-order valence-electron chi connectivity index (χ0n) is 18.3. The molecule has 0 aliphatic carbocycles. The third-order valence-electron chi connectivity index (χ3n) is 4.27. The molecule has 2 unspecified atom stereocenters. The monoisotopic (exact) mass is 507 g/mol. The SMILES string of the molecule is COP1N=P(OC)(OC)N(Oc2ccccc2)P(Oc2ccccc2)N1Oc1ccccc1. The van der Waals surface area contributed by atoms with Gasteiger partial charge in [-0.25, -0.2) is 0 Å². The quantitative estimate of drug-likeness (QED) is 0.287. The van der Waals surface area contributed by atoms with E-state index >= 15 is 0 Å². The van der Waals surface area contributed by atoms with Crippen LogP contribution in [0.3, 0.4) is 0 Å². The molecule has 33 heavy (non-hydrogen) atoms. The zero-order valence-corrected chi connectivity index (χ0v) is 21.0. The maximum absolute atomic E-state index is 6.43. The Balaban J connectivity index is 1.81. The van der Waals surface area contributed by atoms with Gasteiger partial charge in [-0.05, 0) is 36.4 Å². The topological polar surface area (TPSA) is 74.2 Å². The lowest BCUT2D eigenvalue weighted by Crippen LogP contribution is -2.34. The molecular formula is C21H24N3O6P3. The van der Waals surface area contributed by atoms with Crippen molar-refractivity contribution in [2.45, 2.75) is 0 Å². The van der Waals surface area contributed by atoms with Crippen LogP contribution in [0.4, 0.5) is 0 Å². The molecule has 0 spiro atoms. The molecule has 0 radical (unpaired) electrons. The van der Waals surface area contributed by atoms with Gasteiger partial charge in [0.15, 0.2) is 0 Å². The first kappa shape index (κ1) is 24.1. The summed E-state index contributed by atoms with van der Waals surface area (Å²) in [5, 5.41) is 0. The Morgan fingerprint density at radius 2 is 1.15 bits per heavy atom. The van der Waals surface area contributed by atoms with Gasteiger partial charge in [0.25, 0.3) is 8.45 Å². The molecule has 0 aromatic heterocycles. The maximum atomic E-state index is 6.43. The van der Waals surface area contributed by atoms with E-state index in [1.54, 1.807) is 11.7 Å². The molecule has 1 heterocycles. The van der Waals surface area contributed by atoms with Gasteiger partial charge in [-0.2, -0.15) is 4.52 Å². The average molecular weight is 507 g/mol. The van der Waals surface area contributed by atoms with Gasteiger partial charge in [0.1, 0.15) is 17.2 Å². The Morgan fingerprint density at radius 3 is 1.64 bits per heavy atom. The molecule has 174 valence electrons. The summed E-state index contributed by atoms with van der Waals surface area (Å²) in [6.07, 6.45) is 0. The molecule has 0 saturated heterocycles. The van der Waals surface area contributed by atoms with Crippen molar-refractivity contribution in [2.75, 3.05) is 21.3 Å². The first-order valence-corrected chi connectivity index (χ1v) is 13.7. The molecule has 1 aliphatic rings. The van der Waals surface area contributed by atoms with E-state index in [1.807, 2.05) is 91.0 Å².